The Morgan fingerprint density at radius 3 is 2.75 bits per heavy atom. The van der Waals surface area contributed by atoms with Crippen LogP contribution >= 0.6 is 23.2 Å². The van der Waals surface area contributed by atoms with E-state index in [0.29, 0.717) is 54.6 Å². The average Bonchev–Trinajstić information content (AvgIpc) is 2.81. The van der Waals surface area contributed by atoms with E-state index in [2.05, 4.69) is 16.8 Å². The van der Waals surface area contributed by atoms with Crippen molar-refractivity contribution in [2.24, 2.45) is 0 Å². The molecule has 8 heteroatoms. The lowest BCUT2D eigenvalue weighted by atomic mass is 9.55. The number of benzene rings is 2. The van der Waals surface area contributed by atoms with E-state index >= 15 is 0 Å². The number of carbonyl (C=O) groups excluding carboxylic acids is 2. The molecule has 2 fully saturated rings. The number of hydrogen-bond donors (Lipinski definition) is 2. The van der Waals surface area contributed by atoms with Crippen molar-refractivity contribution in [3.8, 4) is 5.75 Å². The third kappa shape index (κ3) is 5.62. The summed E-state index contributed by atoms with van der Waals surface area (Å²) in [4.78, 5) is 26.7. The van der Waals surface area contributed by atoms with E-state index in [1.165, 1.54) is 6.92 Å². The number of ether oxygens (including phenoxy) is 1. The quantitative estimate of drug-likeness (QED) is 0.308. The minimum absolute atomic E-state index is 0.100. The number of nitrogens with zero attached hydrogens (tertiary/aromatic N) is 1. The Bertz CT molecular complexity index is 1160. The van der Waals surface area contributed by atoms with Gasteiger partial charge in [0, 0.05) is 31.5 Å². The summed E-state index contributed by atoms with van der Waals surface area (Å²) in [6.45, 7) is 7.23. The van der Waals surface area contributed by atoms with Crippen LogP contribution in [0.4, 0.5) is 0 Å². The van der Waals surface area contributed by atoms with Gasteiger partial charge in [0.05, 0.1) is 22.1 Å². The first-order valence-electron chi connectivity index (χ1n) is 12.2. The zero-order valence-electron chi connectivity index (χ0n) is 20.4. The molecule has 1 heterocycles. The zero-order valence-corrected chi connectivity index (χ0v) is 21.9. The van der Waals surface area contributed by atoms with Crippen molar-refractivity contribution in [2.75, 3.05) is 19.6 Å². The van der Waals surface area contributed by atoms with E-state index in [9.17, 15) is 14.7 Å². The average molecular weight is 531 g/mol. The van der Waals surface area contributed by atoms with Gasteiger partial charge in [-0.25, -0.2) is 0 Å². The van der Waals surface area contributed by atoms with Gasteiger partial charge >= 0.3 is 5.97 Å². The van der Waals surface area contributed by atoms with E-state index in [0.717, 1.165) is 17.7 Å². The number of rotatable bonds is 7. The molecule has 6 nitrogen and oxygen atoms in total. The topological polar surface area (TPSA) is 78.9 Å². The predicted octanol–water partition coefficient (Wildman–Crippen LogP) is 4.69. The molecule has 0 bridgehead atoms. The number of carbonyl (C=O) groups is 2. The second-order valence-corrected chi connectivity index (χ2v) is 10.8. The second-order valence-electron chi connectivity index (χ2n) is 9.94. The summed E-state index contributed by atoms with van der Waals surface area (Å²) < 4.78 is 5.36. The van der Waals surface area contributed by atoms with Gasteiger partial charge < -0.3 is 15.2 Å². The lowest BCUT2D eigenvalue weighted by Crippen LogP contribution is -2.67. The van der Waals surface area contributed by atoms with Gasteiger partial charge in [-0.2, -0.15) is 0 Å². The first-order chi connectivity index (χ1) is 17.1. The van der Waals surface area contributed by atoms with Gasteiger partial charge in [0.25, 0.3) is 0 Å². The fourth-order valence-electron chi connectivity index (χ4n) is 5.86. The first kappa shape index (κ1) is 26.7. The normalized spacial score (nSPS) is 26.1. The Morgan fingerprint density at radius 2 is 2.03 bits per heavy atom. The number of hydrogen-bond acceptors (Lipinski definition) is 5. The highest BCUT2D eigenvalue weighted by atomic mass is 35.5. The Balaban J connectivity index is 1.59. The van der Waals surface area contributed by atoms with Crippen molar-refractivity contribution >= 4 is 35.1 Å². The van der Waals surface area contributed by atoms with Crippen molar-refractivity contribution in [3.05, 3.63) is 76.3 Å². The maximum atomic E-state index is 12.9. The smallest absolute Gasteiger partial charge is 0.308 e. The Labute approximate surface area is 222 Å². The van der Waals surface area contributed by atoms with Crippen molar-refractivity contribution in [2.45, 2.75) is 56.1 Å². The Kier molecular flexibility index (Phi) is 8.10. The van der Waals surface area contributed by atoms with Crippen LogP contribution in [0.1, 0.15) is 43.7 Å². The number of fused-ring (bicyclic) bond motifs is 1. The van der Waals surface area contributed by atoms with E-state index < -0.39 is 17.0 Å². The Hall–Kier alpha value is -2.38. The fourth-order valence-corrected chi connectivity index (χ4v) is 6.18. The standard InChI is InChI=1S/C28H32Cl2N2O4/c1-3-12-32-13-11-27(21-5-4-6-23(16-21)36-19(2)33)17-22(9-10-28(27,35)18-32)31-26(34)15-20-7-8-24(29)25(30)14-20/h3-8,14,16,22,35H,1,9-13,15,17-18H2,2H3,(H,31,34)/t22-,27?,28?/m0/s1. The van der Waals surface area contributed by atoms with Crippen LogP contribution in [0, 0.1) is 0 Å². The molecule has 0 spiro atoms. The van der Waals surface area contributed by atoms with Crippen molar-refractivity contribution in [1.82, 2.24) is 10.2 Å². The van der Waals surface area contributed by atoms with Crippen molar-refractivity contribution in [3.63, 3.8) is 0 Å². The molecule has 0 aromatic heterocycles. The number of amides is 1. The summed E-state index contributed by atoms with van der Waals surface area (Å²) in [5.74, 6) is -0.0374. The number of nitrogens with one attached hydrogen (secondary N) is 1. The molecule has 1 saturated heterocycles. The number of halogens is 2. The minimum Gasteiger partial charge on any atom is -0.427 e. The van der Waals surface area contributed by atoms with Crippen LogP contribution in [0.25, 0.3) is 0 Å². The monoisotopic (exact) mass is 530 g/mol. The summed E-state index contributed by atoms with van der Waals surface area (Å²) in [7, 11) is 0. The molecule has 1 aliphatic carbocycles. The summed E-state index contributed by atoms with van der Waals surface area (Å²) in [5, 5.41) is 16.1. The molecule has 4 rings (SSSR count). The molecule has 2 aliphatic rings. The molecular formula is C28H32Cl2N2O4. The molecular weight excluding hydrogens is 499 g/mol. The predicted molar refractivity (Wildman–Crippen MR) is 142 cm³/mol. The van der Waals surface area contributed by atoms with Crippen LogP contribution in [0.3, 0.4) is 0 Å². The van der Waals surface area contributed by atoms with Crippen LogP contribution in [-0.4, -0.2) is 53.2 Å². The van der Waals surface area contributed by atoms with Gasteiger partial charge in [-0.3, -0.25) is 14.5 Å². The van der Waals surface area contributed by atoms with Gasteiger partial charge in [-0.05, 0) is 67.6 Å². The molecule has 1 saturated carbocycles. The Morgan fingerprint density at radius 1 is 1.22 bits per heavy atom. The van der Waals surface area contributed by atoms with Gasteiger partial charge in [0.2, 0.25) is 5.91 Å². The molecule has 2 aromatic carbocycles. The summed E-state index contributed by atoms with van der Waals surface area (Å²) in [5.41, 5.74) is 0.121. The van der Waals surface area contributed by atoms with Crippen LogP contribution in [0.5, 0.6) is 5.75 Å². The van der Waals surface area contributed by atoms with Crippen LogP contribution in [0.15, 0.2) is 55.1 Å². The number of esters is 1. The third-order valence-corrected chi connectivity index (χ3v) is 8.22. The van der Waals surface area contributed by atoms with E-state index in [-0.39, 0.29) is 18.4 Å². The van der Waals surface area contributed by atoms with Gasteiger partial charge in [0.15, 0.2) is 0 Å². The van der Waals surface area contributed by atoms with Crippen molar-refractivity contribution < 1.29 is 19.4 Å². The second kappa shape index (κ2) is 10.9. The minimum atomic E-state index is -0.992. The molecule has 2 unspecified atom stereocenters. The molecule has 3 atom stereocenters. The lowest BCUT2D eigenvalue weighted by molar-refractivity contribution is -0.133. The summed E-state index contributed by atoms with van der Waals surface area (Å²) in [6.07, 6.45) is 4.54. The number of aliphatic hydroxyl groups is 1. The number of β-amino-alcohol motifs (C(OH)–C–C–N with tert-alkyl or cyclic N) is 1. The highest BCUT2D eigenvalue weighted by Crippen LogP contribution is 2.52. The van der Waals surface area contributed by atoms with Gasteiger partial charge in [0.1, 0.15) is 5.75 Å². The summed E-state index contributed by atoms with van der Waals surface area (Å²) >= 11 is 12.1. The van der Waals surface area contributed by atoms with Crippen LogP contribution in [0.2, 0.25) is 10.0 Å². The van der Waals surface area contributed by atoms with Crippen LogP contribution in [-0.2, 0) is 21.4 Å². The maximum Gasteiger partial charge on any atom is 0.308 e. The molecule has 0 radical (unpaired) electrons. The van der Waals surface area contributed by atoms with Gasteiger partial charge in [-0.15, -0.1) is 6.58 Å². The molecule has 1 aliphatic heterocycles. The first-order valence-corrected chi connectivity index (χ1v) is 13.0. The molecule has 36 heavy (non-hydrogen) atoms. The molecule has 192 valence electrons. The molecule has 2 aromatic rings. The summed E-state index contributed by atoms with van der Waals surface area (Å²) in [6, 6.07) is 12.5. The molecule has 1 amide bonds. The third-order valence-electron chi connectivity index (χ3n) is 7.48. The SMILES string of the molecule is C=CCN1CCC2(c3cccc(OC(C)=O)c3)C[C@@H](NC(=O)Cc3ccc(Cl)c(Cl)c3)CCC2(O)C1. The largest absolute Gasteiger partial charge is 0.427 e. The van der Waals surface area contributed by atoms with E-state index in [1.807, 2.05) is 24.3 Å². The molecule has 2 N–H and O–H groups in total. The highest BCUT2D eigenvalue weighted by Gasteiger charge is 2.57. The highest BCUT2D eigenvalue weighted by molar-refractivity contribution is 6.42. The zero-order chi connectivity index (χ0) is 25.9. The van der Waals surface area contributed by atoms with Crippen molar-refractivity contribution in [1.29, 1.82) is 0 Å². The fraction of sp³-hybridized carbons (Fsp3) is 0.429. The lowest BCUT2D eigenvalue weighted by Gasteiger charge is -2.58. The number of piperidine rings is 1. The van der Waals surface area contributed by atoms with E-state index in [1.54, 1.807) is 24.3 Å². The number of likely N-dealkylation sites (tertiary alicyclic amines) is 1. The maximum absolute atomic E-state index is 12.9. The van der Waals surface area contributed by atoms with E-state index in [4.69, 9.17) is 27.9 Å². The van der Waals surface area contributed by atoms with Gasteiger partial charge in [-0.1, -0.05) is 47.5 Å². The van der Waals surface area contributed by atoms with Crippen LogP contribution < -0.4 is 10.1 Å².